The molecule has 0 aliphatic rings. The highest BCUT2D eigenvalue weighted by atomic mass is 16.5. The van der Waals surface area contributed by atoms with E-state index in [4.69, 9.17) is 14.2 Å². The Bertz CT molecular complexity index is 995. The largest absolute Gasteiger partial charge is 0.494 e. The van der Waals surface area contributed by atoms with Crippen LogP contribution in [0, 0.1) is 0 Å². The molecule has 8 nitrogen and oxygen atoms in total. The summed E-state index contributed by atoms with van der Waals surface area (Å²) in [6, 6.07) is 13.2. The molecule has 0 atom stereocenters. The molecule has 8 heteroatoms. The van der Waals surface area contributed by atoms with Crippen molar-refractivity contribution in [2.45, 2.75) is 72.5 Å². The minimum absolute atomic E-state index is 0.0158. The quantitative estimate of drug-likeness (QED) is 0.233. The van der Waals surface area contributed by atoms with Crippen LogP contribution < -0.4 is 14.2 Å². The van der Waals surface area contributed by atoms with E-state index < -0.39 is 0 Å². The average Bonchev–Trinajstić information content (AvgIpc) is 2.83. The Morgan fingerprint density at radius 2 is 1.50 bits per heavy atom. The Balaban J connectivity index is 1.73. The summed E-state index contributed by atoms with van der Waals surface area (Å²) < 4.78 is 17.2. The zero-order chi connectivity index (χ0) is 26.5. The van der Waals surface area contributed by atoms with Crippen molar-refractivity contribution in [1.82, 2.24) is 4.90 Å². The van der Waals surface area contributed by atoms with Crippen molar-refractivity contribution < 1.29 is 23.8 Å². The van der Waals surface area contributed by atoms with Gasteiger partial charge in [-0.2, -0.15) is 5.11 Å². The Morgan fingerprint density at radius 1 is 0.861 bits per heavy atom. The molecular weight excluding hydrogens is 458 g/mol. The molecule has 0 heterocycles. The predicted molar refractivity (Wildman–Crippen MR) is 140 cm³/mol. The van der Waals surface area contributed by atoms with E-state index >= 15 is 0 Å². The molecule has 2 aromatic carbocycles. The Kier molecular flexibility index (Phi) is 11.9. The van der Waals surface area contributed by atoms with Gasteiger partial charge in [-0.1, -0.05) is 12.1 Å². The summed E-state index contributed by atoms with van der Waals surface area (Å²) in [5, 5.41) is 7.34. The third-order valence-corrected chi connectivity index (χ3v) is 5.46. The fourth-order valence-electron chi connectivity index (χ4n) is 3.79. The van der Waals surface area contributed by atoms with Crippen LogP contribution in [0.3, 0.4) is 0 Å². The minimum Gasteiger partial charge on any atom is -0.494 e. The number of benzene rings is 2. The van der Waals surface area contributed by atoms with Gasteiger partial charge < -0.3 is 19.1 Å². The van der Waals surface area contributed by atoms with Crippen molar-refractivity contribution in [1.29, 1.82) is 0 Å². The molecule has 0 saturated carbocycles. The minimum atomic E-state index is -0.302. The van der Waals surface area contributed by atoms with Gasteiger partial charge in [0.05, 0.1) is 26.9 Å². The number of amides is 2. The fraction of sp³-hybridized carbons (Fsp3) is 0.500. The van der Waals surface area contributed by atoms with Crippen LogP contribution >= 0.6 is 0 Å². The third kappa shape index (κ3) is 9.32. The van der Waals surface area contributed by atoms with Gasteiger partial charge in [0.1, 0.15) is 5.75 Å². The van der Waals surface area contributed by atoms with Gasteiger partial charge in [-0.25, -0.2) is 0 Å². The van der Waals surface area contributed by atoms with Crippen LogP contribution in [0.4, 0.5) is 0 Å². The molecule has 0 saturated heterocycles. The Labute approximate surface area is 214 Å². The molecule has 196 valence electrons. The van der Waals surface area contributed by atoms with Gasteiger partial charge in [-0.05, 0) is 82.9 Å². The highest BCUT2D eigenvalue weighted by Gasteiger charge is 2.22. The second kappa shape index (κ2) is 14.9. The van der Waals surface area contributed by atoms with Gasteiger partial charge in [0.25, 0.3) is 11.8 Å². The number of azo groups is 1. The normalized spacial score (nSPS) is 11.2. The van der Waals surface area contributed by atoms with E-state index in [0.717, 1.165) is 30.6 Å². The number of nitrogens with zero attached hydrogens (tertiary/aromatic N) is 3. The standard InChI is InChI=1S/C28H39N3O5/c1-20(2)31(21(3)4)28(33)24-12-15-26(27(18-24)34-6)36-17-9-7-8-16-35-25-13-10-23(11-14-25)19-29-30-22(5)32/h10-15,18,20-21H,7-9,16-17,19H2,1-6H3. The summed E-state index contributed by atoms with van der Waals surface area (Å²) in [6.45, 7) is 11.0. The summed E-state index contributed by atoms with van der Waals surface area (Å²) in [5.74, 6) is 1.67. The number of unbranched alkanes of at least 4 members (excludes halogenated alkanes) is 2. The van der Waals surface area contributed by atoms with E-state index in [9.17, 15) is 9.59 Å². The first-order chi connectivity index (χ1) is 17.2. The highest BCUT2D eigenvalue weighted by molar-refractivity contribution is 5.95. The molecule has 0 N–H and O–H groups in total. The van der Waals surface area contributed by atoms with Crippen molar-refractivity contribution in [2.24, 2.45) is 10.2 Å². The van der Waals surface area contributed by atoms with E-state index in [1.807, 2.05) is 56.9 Å². The maximum atomic E-state index is 12.9. The molecule has 2 aromatic rings. The van der Waals surface area contributed by atoms with E-state index in [-0.39, 0.29) is 23.9 Å². The van der Waals surface area contributed by atoms with Crippen molar-refractivity contribution in [3.05, 3.63) is 53.6 Å². The second-order valence-electron chi connectivity index (χ2n) is 9.09. The van der Waals surface area contributed by atoms with Crippen LogP contribution in [-0.4, -0.2) is 49.1 Å². The summed E-state index contributed by atoms with van der Waals surface area (Å²) >= 11 is 0. The Morgan fingerprint density at radius 3 is 2.08 bits per heavy atom. The molecule has 2 rings (SSSR count). The number of carbonyl (C=O) groups is 2. The van der Waals surface area contributed by atoms with Crippen LogP contribution in [0.5, 0.6) is 17.2 Å². The van der Waals surface area contributed by atoms with E-state index in [2.05, 4.69) is 10.2 Å². The molecule has 2 amide bonds. The van der Waals surface area contributed by atoms with E-state index in [1.165, 1.54) is 6.92 Å². The molecular formula is C28H39N3O5. The van der Waals surface area contributed by atoms with Gasteiger partial charge in [-0.3, -0.25) is 9.59 Å². The third-order valence-electron chi connectivity index (χ3n) is 5.46. The molecule has 36 heavy (non-hydrogen) atoms. The van der Waals surface area contributed by atoms with Crippen molar-refractivity contribution in [3.8, 4) is 17.2 Å². The average molecular weight is 498 g/mol. The summed E-state index contributed by atoms with van der Waals surface area (Å²) in [6.07, 6.45) is 2.74. The molecule has 0 spiro atoms. The van der Waals surface area contributed by atoms with Crippen LogP contribution in [0.1, 0.15) is 69.8 Å². The smallest absolute Gasteiger partial charge is 0.261 e. The first-order valence-corrected chi connectivity index (χ1v) is 12.5. The monoisotopic (exact) mass is 497 g/mol. The number of hydrogen-bond donors (Lipinski definition) is 0. The Hall–Kier alpha value is -3.42. The van der Waals surface area contributed by atoms with Crippen LogP contribution in [0.2, 0.25) is 0 Å². The van der Waals surface area contributed by atoms with Gasteiger partial charge in [0.15, 0.2) is 11.5 Å². The van der Waals surface area contributed by atoms with Gasteiger partial charge in [-0.15, -0.1) is 5.11 Å². The molecule has 0 aliphatic heterocycles. The van der Waals surface area contributed by atoms with E-state index in [1.54, 1.807) is 25.3 Å². The number of hydrogen-bond acceptors (Lipinski definition) is 6. The van der Waals surface area contributed by atoms with Crippen molar-refractivity contribution in [3.63, 3.8) is 0 Å². The molecule has 0 aliphatic carbocycles. The lowest BCUT2D eigenvalue weighted by molar-refractivity contribution is -0.116. The molecule has 0 aromatic heterocycles. The zero-order valence-electron chi connectivity index (χ0n) is 22.3. The summed E-state index contributed by atoms with van der Waals surface area (Å²) in [7, 11) is 1.58. The maximum Gasteiger partial charge on any atom is 0.261 e. The number of rotatable bonds is 14. The first-order valence-electron chi connectivity index (χ1n) is 12.5. The SMILES string of the molecule is COc1cc(C(=O)N(C(C)C)C(C)C)ccc1OCCCCCOc1ccc(CN=NC(C)=O)cc1. The zero-order valence-corrected chi connectivity index (χ0v) is 22.3. The fourth-order valence-corrected chi connectivity index (χ4v) is 3.79. The summed E-state index contributed by atoms with van der Waals surface area (Å²) in [4.78, 5) is 25.6. The van der Waals surface area contributed by atoms with Gasteiger partial charge in [0.2, 0.25) is 0 Å². The molecule has 0 unspecified atom stereocenters. The molecule has 0 fully saturated rings. The van der Waals surface area contributed by atoms with Crippen LogP contribution in [0.15, 0.2) is 52.7 Å². The lowest BCUT2D eigenvalue weighted by Crippen LogP contribution is -2.42. The van der Waals surface area contributed by atoms with Crippen LogP contribution in [-0.2, 0) is 11.3 Å². The lowest BCUT2D eigenvalue weighted by Gasteiger charge is -2.31. The van der Waals surface area contributed by atoms with Gasteiger partial charge in [0, 0.05) is 24.6 Å². The van der Waals surface area contributed by atoms with Crippen LogP contribution in [0.25, 0.3) is 0 Å². The topological polar surface area (TPSA) is 89.8 Å². The number of ether oxygens (including phenoxy) is 3. The molecule has 0 radical (unpaired) electrons. The highest BCUT2D eigenvalue weighted by Crippen LogP contribution is 2.29. The van der Waals surface area contributed by atoms with E-state index in [0.29, 0.717) is 36.8 Å². The number of carbonyl (C=O) groups excluding carboxylic acids is 2. The second-order valence-corrected chi connectivity index (χ2v) is 9.09. The molecule has 0 bridgehead atoms. The van der Waals surface area contributed by atoms with Crippen molar-refractivity contribution >= 4 is 11.8 Å². The predicted octanol–water partition coefficient (Wildman–Crippen LogP) is 6.08. The number of methoxy groups -OCH3 is 1. The first kappa shape index (κ1) is 28.8. The maximum absolute atomic E-state index is 12.9. The lowest BCUT2D eigenvalue weighted by atomic mass is 10.1. The summed E-state index contributed by atoms with van der Waals surface area (Å²) in [5.41, 5.74) is 1.56. The van der Waals surface area contributed by atoms with Crippen molar-refractivity contribution in [2.75, 3.05) is 20.3 Å². The van der Waals surface area contributed by atoms with Gasteiger partial charge >= 0.3 is 0 Å².